The van der Waals surface area contributed by atoms with Gasteiger partial charge in [-0.3, -0.25) is 10.2 Å². The van der Waals surface area contributed by atoms with Crippen LogP contribution in [-0.2, 0) is 10.5 Å². The highest BCUT2D eigenvalue weighted by molar-refractivity contribution is 7.98. The molecule has 0 unspecified atom stereocenters. The molecule has 0 aliphatic heterocycles. The van der Waals surface area contributed by atoms with Gasteiger partial charge in [-0.25, -0.2) is 11.7 Å². The van der Waals surface area contributed by atoms with E-state index in [1.54, 1.807) is 33.5 Å². The maximum Gasteiger partial charge on any atom is 0.221 e. The van der Waals surface area contributed by atoms with Crippen molar-refractivity contribution in [3.8, 4) is 11.8 Å². The summed E-state index contributed by atoms with van der Waals surface area (Å²) in [5.41, 5.74) is 3.81. The van der Waals surface area contributed by atoms with Crippen molar-refractivity contribution in [2.45, 2.75) is 17.6 Å². The van der Waals surface area contributed by atoms with E-state index in [4.69, 9.17) is 10.6 Å². The average molecular weight is 348 g/mol. The molecule has 2 rings (SSSR count). The second-order valence-electron chi connectivity index (χ2n) is 4.29. The van der Waals surface area contributed by atoms with Crippen LogP contribution in [0.25, 0.3) is 0 Å². The van der Waals surface area contributed by atoms with Gasteiger partial charge in [0.2, 0.25) is 6.41 Å². The van der Waals surface area contributed by atoms with Gasteiger partial charge in [-0.05, 0) is 30.5 Å². The molecule has 122 valence electrons. The summed E-state index contributed by atoms with van der Waals surface area (Å²) in [6, 6.07) is 10.3. The second-order valence-corrected chi connectivity index (χ2v) is 6.31. The van der Waals surface area contributed by atoms with Crippen LogP contribution in [0.2, 0.25) is 0 Å². The number of hydrogen-bond acceptors (Lipinski definition) is 6. The number of nitrogens with one attached hydrogen (secondary N) is 1. The standard InChI is InChI=1S/C15H16N2S2.CH4N2O/c1-3-6-12-7-4-9-14(17(2)16)15(12)19-11-13-8-5-10-18-13;2-3-1-4/h4-5,7-10H,11,16H2,1-2H3;1H,2H2,(H,3,4). The van der Waals surface area contributed by atoms with E-state index in [0.717, 1.165) is 21.9 Å². The van der Waals surface area contributed by atoms with Gasteiger partial charge in [0.25, 0.3) is 0 Å². The van der Waals surface area contributed by atoms with Crippen LogP contribution in [0.5, 0.6) is 0 Å². The third-order valence-corrected chi connectivity index (χ3v) is 4.87. The third-order valence-electron chi connectivity index (χ3n) is 2.64. The molecule has 5 nitrogen and oxygen atoms in total. The highest BCUT2D eigenvalue weighted by Gasteiger charge is 2.10. The van der Waals surface area contributed by atoms with Crippen LogP contribution >= 0.6 is 23.1 Å². The fourth-order valence-corrected chi connectivity index (χ4v) is 3.68. The summed E-state index contributed by atoms with van der Waals surface area (Å²) in [4.78, 5) is 11.4. The smallest absolute Gasteiger partial charge is 0.221 e. The van der Waals surface area contributed by atoms with E-state index in [9.17, 15) is 0 Å². The van der Waals surface area contributed by atoms with Crippen LogP contribution in [0.4, 0.5) is 5.69 Å². The molecule has 1 heterocycles. The first-order valence-electron chi connectivity index (χ1n) is 6.73. The fraction of sp³-hybridized carbons (Fsp3) is 0.188. The molecule has 0 saturated carbocycles. The van der Waals surface area contributed by atoms with E-state index >= 15 is 0 Å². The molecular weight excluding hydrogens is 328 g/mol. The Bertz CT molecular complexity index is 660. The normalized spacial score (nSPS) is 9.04. The minimum Gasteiger partial charge on any atom is -0.313 e. The number of thioether (sulfide) groups is 1. The molecule has 0 aliphatic carbocycles. The Balaban J connectivity index is 0.000000593. The molecule has 0 fully saturated rings. The number of nitrogens with zero attached hydrogens (tertiary/aromatic N) is 1. The van der Waals surface area contributed by atoms with Crippen molar-refractivity contribution in [1.29, 1.82) is 0 Å². The first-order valence-corrected chi connectivity index (χ1v) is 8.59. The zero-order valence-electron chi connectivity index (χ0n) is 13.1. The monoisotopic (exact) mass is 348 g/mol. The zero-order chi connectivity index (χ0) is 17.1. The van der Waals surface area contributed by atoms with Gasteiger partial charge in [0.05, 0.1) is 5.69 Å². The summed E-state index contributed by atoms with van der Waals surface area (Å²) in [5, 5.41) is 3.75. The number of rotatable bonds is 5. The zero-order valence-corrected chi connectivity index (χ0v) is 14.7. The molecule has 0 bridgehead atoms. The lowest BCUT2D eigenvalue weighted by Gasteiger charge is -2.17. The van der Waals surface area contributed by atoms with E-state index < -0.39 is 0 Å². The maximum absolute atomic E-state index is 8.94. The summed E-state index contributed by atoms with van der Waals surface area (Å²) < 4.78 is 0. The van der Waals surface area contributed by atoms with Gasteiger partial charge >= 0.3 is 0 Å². The van der Waals surface area contributed by atoms with Gasteiger partial charge in [-0.1, -0.05) is 18.1 Å². The van der Waals surface area contributed by atoms with E-state index in [0.29, 0.717) is 6.41 Å². The van der Waals surface area contributed by atoms with Gasteiger partial charge in [0, 0.05) is 28.1 Å². The van der Waals surface area contributed by atoms with Crippen molar-refractivity contribution in [2.24, 2.45) is 11.7 Å². The van der Waals surface area contributed by atoms with Crippen molar-refractivity contribution in [3.63, 3.8) is 0 Å². The molecule has 1 aromatic carbocycles. The van der Waals surface area contributed by atoms with Gasteiger partial charge < -0.3 is 5.01 Å². The number of hydrazine groups is 2. The van der Waals surface area contributed by atoms with Crippen LogP contribution in [0.1, 0.15) is 17.4 Å². The molecule has 0 saturated heterocycles. The Morgan fingerprint density at radius 1 is 1.39 bits per heavy atom. The fourth-order valence-electron chi connectivity index (χ4n) is 1.73. The number of thiophene rings is 1. The molecule has 7 heteroatoms. The van der Waals surface area contributed by atoms with Crippen LogP contribution in [0.15, 0.2) is 40.6 Å². The summed E-state index contributed by atoms with van der Waals surface area (Å²) in [6.45, 7) is 1.85. The lowest BCUT2D eigenvalue weighted by molar-refractivity contribution is -0.109. The van der Waals surface area contributed by atoms with Crippen molar-refractivity contribution >= 4 is 35.2 Å². The number of hydrogen-bond donors (Lipinski definition) is 3. The van der Waals surface area contributed by atoms with E-state index in [1.807, 2.05) is 32.2 Å². The van der Waals surface area contributed by atoms with Crippen molar-refractivity contribution < 1.29 is 4.79 Å². The lowest BCUT2D eigenvalue weighted by atomic mass is 10.2. The summed E-state index contributed by atoms with van der Waals surface area (Å²) in [6.07, 6.45) is 0.403. The Morgan fingerprint density at radius 2 is 2.13 bits per heavy atom. The molecule has 2 aromatic rings. The number of nitrogens with two attached hydrogens (primary N) is 2. The first-order chi connectivity index (χ1) is 11.1. The van der Waals surface area contributed by atoms with Crippen LogP contribution < -0.4 is 22.1 Å². The van der Waals surface area contributed by atoms with E-state index in [-0.39, 0.29) is 0 Å². The van der Waals surface area contributed by atoms with Crippen molar-refractivity contribution in [2.75, 3.05) is 12.1 Å². The molecule has 1 amide bonds. The molecule has 0 spiro atoms. The minimum atomic E-state index is 0.403. The predicted molar refractivity (Wildman–Crippen MR) is 98.9 cm³/mol. The summed E-state index contributed by atoms with van der Waals surface area (Å²) in [7, 11) is 1.85. The molecule has 23 heavy (non-hydrogen) atoms. The minimum absolute atomic E-state index is 0.403. The number of benzene rings is 1. The highest BCUT2D eigenvalue weighted by Crippen LogP contribution is 2.34. The SMILES string of the molecule is CC#Cc1cccc(N(C)N)c1SCc1cccs1.NNC=O. The Labute approximate surface area is 145 Å². The first kappa shape index (κ1) is 19.1. The predicted octanol–water partition coefficient (Wildman–Crippen LogP) is 2.33. The number of anilines is 1. The number of carbonyl (C=O) groups excluding carboxylic acids is 1. The van der Waals surface area contributed by atoms with E-state index in [2.05, 4.69) is 35.2 Å². The highest BCUT2D eigenvalue weighted by atomic mass is 32.2. The van der Waals surface area contributed by atoms with Crippen LogP contribution in [0.3, 0.4) is 0 Å². The van der Waals surface area contributed by atoms with E-state index in [1.165, 1.54) is 4.88 Å². The molecule has 0 radical (unpaired) electrons. The molecule has 0 atom stereocenters. The topological polar surface area (TPSA) is 84.4 Å². The van der Waals surface area contributed by atoms with Crippen molar-refractivity contribution in [3.05, 3.63) is 46.2 Å². The van der Waals surface area contributed by atoms with Gasteiger partial charge in [-0.2, -0.15) is 0 Å². The Morgan fingerprint density at radius 3 is 2.65 bits per heavy atom. The molecule has 5 N–H and O–H groups in total. The van der Waals surface area contributed by atoms with Gasteiger partial charge in [0.15, 0.2) is 0 Å². The number of carbonyl (C=O) groups is 1. The van der Waals surface area contributed by atoms with Gasteiger partial charge in [-0.15, -0.1) is 29.0 Å². The van der Waals surface area contributed by atoms with Crippen LogP contribution in [-0.4, -0.2) is 13.5 Å². The largest absolute Gasteiger partial charge is 0.313 e. The Hall–Kier alpha value is -1.98. The summed E-state index contributed by atoms with van der Waals surface area (Å²) >= 11 is 3.56. The quantitative estimate of drug-likeness (QED) is 0.193. The molecule has 1 aromatic heterocycles. The van der Waals surface area contributed by atoms with Gasteiger partial charge in [0.1, 0.15) is 0 Å². The average Bonchev–Trinajstić information content (AvgIpc) is 3.07. The van der Waals surface area contributed by atoms with Crippen molar-refractivity contribution in [1.82, 2.24) is 5.43 Å². The lowest BCUT2D eigenvalue weighted by Crippen LogP contribution is -2.25. The summed E-state index contributed by atoms with van der Waals surface area (Å²) in [5.74, 6) is 17.4. The second kappa shape index (κ2) is 10.7. The third kappa shape index (κ3) is 6.34. The Kier molecular flexibility index (Phi) is 8.87. The number of amides is 1. The molecule has 0 aliphatic rings. The van der Waals surface area contributed by atoms with Crippen LogP contribution in [0, 0.1) is 11.8 Å². The molecular formula is C16H20N4OS2. The maximum atomic E-state index is 8.94.